The Labute approximate surface area is 121 Å². The van der Waals surface area contributed by atoms with Crippen molar-refractivity contribution in [1.82, 2.24) is 14.8 Å². The molecule has 10 heteroatoms. The van der Waals surface area contributed by atoms with E-state index in [9.17, 15) is 13.6 Å². The number of carbonyl (C=O) groups is 1. The van der Waals surface area contributed by atoms with Crippen molar-refractivity contribution in [3.05, 3.63) is 24.3 Å². The third-order valence-corrected chi connectivity index (χ3v) is 3.22. The van der Waals surface area contributed by atoms with Crippen LogP contribution >= 0.6 is 11.8 Å². The number of aromatic nitrogens is 3. The van der Waals surface area contributed by atoms with Crippen LogP contribution < -0.4 is 10.5 Å². The zero-order valence-electron chi connectivity index (χ0n) is 10.4. The van der Waals surface area contributed by atoms with Gasteiger partial charge in [0.1, 0.15) is 5.75 Å². The molecule has 0 aliphatic rings. The molecule has 0 aliphatic heterocycles. The van der Waals surface area contributed by atoms with Gasteiger partial charge in [-0.1, -0.05) is 11.8 Å². The zero-order valence-corrected chi connectivity index (χ0v) is 11.3. The molecule has 1 aromatic heterocycles. The van der Waals surface area contributed by atoms with Gasteiger partial charge in [0, 0.05) is 0 Å². The third kappa shape index (κ3) is 3.81. The number of anilines is 1. The molecule has 112 valence electrons. The van der Waals surface area contributed by atoms with E-state index in [1.165, 1.54) is 28.8 Å². The number of nitrogen functional groups attached to an aromatic ring is 1. The first kappa shape index (κ1) is 15.0. The lowest BCUT2D eigenvalue weighted by Crippen LogP contribution is -2.05. The first-order valence-electron chi connectivity index (χ1n) is 5.58. The van der Waals surface area contributed by atoms with Crippen LogP contribution in [0.1, 0.15) is 0 Å². The van der Waals surface area contributed by atoms with Crippen LogP contribution in [-0.2, 0) is 4.79 Å². The summed E-state index contributed by atoms with van der Waals surface area (Å²) in [6, 6.07) is 5.66. The molecule has 0 bridgehead atoms. The van der Waals surface area contributed by atoms with E-state index in [1.807, 2.05) is 0 Å². The first-order chi connectivity index (χ1) is 9.97. The second kappa shape index (κ2) is 6.39. The van der Waals surface area contributed by atoms with Gasteiger partial charge < -0.3 is 15.6 Å². The molecular formula is C11H10F2N4O3S. The third-order valence-electron chi connectivity index (χ3n) is 2.30. The van der Waals surface area contributed by atoms with E-state index < -0.39 is 12.6 Å². The predicted molar refractivity (Wildman–Crippen MR) is 70.8 cm³/mol. The number of aliphatic carboxylic acids is 1. The zero-order chi connectivity index (χ0) is 15.4. The summed E-state index contributed by atoms with van der Waals surface area (Å²) in [6.07, 6.45) is 0. The fourth-order valence-corrected chi connectivity index (χ4v) is 2.20. The summed E-state index contributed by atoms with van der Waals surface area (Å²) in [4.78, 5) is 10.6. The number of ether oxygens (including phenoxy) is 1. The molecule has 0 atom stereocenters. The Morgan fingerprint density at radius 3 is 2.62 bits per heavy atom. The van der Waals surface area contributed by atoms with E-state index in [0.717, 1.165) is 11.8 Å². The molecule has 3 N–H and O–H groups in total. The number of alkyl halides is 2. The van der Waals surface area contributed by atoms with E-state index in [1.54, 1.807) is 0 Å². The Bertz CT molecular complexity index is 633. The molecule has 1 aromatic carbocycles. The van der Waals surface area contributed by atoms with Crippen LogP contribution in [0.2, 0.25) is 0 Å². The fraction of sp³-hybridized carbons (Fsp3) is 0.182. The average Bonchev–Trinajstić information content (AvgIpc) is 2.78. The number of nitrogens with two attached hydrogens (primary N) is 1. The van der Waals surface area contributed by atoms with Gasteiger partial charge in [0.15, 0.2) is 5.16 Å². The van der Waals surface area contributed by atoms with Crippen LogP contribution in [0.5, 0.6) is 5.75 Å². The van der Waals surface area contributed by atoms with Gasteiger partial charge in [-0.2, -0.15) is 8.78 Å². The highest BCUT2D eigenvalue weighted by Crippen LogP contribution is 2.25. The molecular weight excluding hydrogens is 306 g/mol. The first-order valence-corrected chi connectivity index (χ1v) is 6.56. The number of thioether (sulfide) groups is 1. The van der Waals surface area contributed by atoms with E-state index >= 15 is 0 Å². The van der Waals surface area contributed by atoms with Crippen LogP contribution in [0.15, 0.2) is 29.4 Å². The van der Waals surface area contributed by atoms with Gasteiger partial charge in [-0.3, -0.25) is 9.36 Å². The Morgan fingerprint density at radius 1 is 1.38 bits per heavy atom. The largest absolute Gasteiger partial charge is 0.481 e. The second-order valence-corrected chi connectivity index (χ2v) is 4.67. The lowest BCUT2D eigenvalue weighted by molar-refractivity contribution is -0.133. The summed E-state index contributed by atoms with van der Waals surface area (Å²) in [5, 5.41) is 16.4. The van der Waals surface area contributed by atoms with Crippen molar-refractivity contribution in [3.63, 3.8) is 0 Å². The smallest absolute Gasteiger partial charge is 0.387 e. The molecule has 2 rings (SSSR count). The van der Waals surface area contributed by atoms with Crippen LogP contribution in [0.3, 0.4) is 0 Å². The topological polar surface area (TPSA) is 103 Å². The Kier molecular flexibility index (Phi) is 4.58. The van der Waals surface area contributed by atoms with Crippen molar-refractivity contribution in [2.75, 3.05) is 11.5 Å². The number of carboxylic acids is 1. The van der Waals surface area contributed by atoms with Crippen molar-refractivity contribution < 1.29 is 23.4 Å². The summed E-state index contributed by atoms with van der Waals surface area (Å²) >= 11 is 0.944. The summed E-state index contributed by atoms with van der Waals surface area (Å²) < 4.78 is 29.8. The molecule has 2 aromatic rings. The average molecular weight is 316 g/mol. The van der Waals surface area contributed by atoms with Gasteiger partial charge in [0.2, 0.25) is 5.95 Å². The molecule has 0 unspecified atom stereocenters. The molecule has 0 fully saturated rings. The van der Waals surface area contributed by atoms with Crippen LogP contribution in [0.4, 0.5) is 14.7 Å². The lowest BCUT2D eigenvalue weighted by Gasteiger charge is -2.09. The molecule has 0 saturated heterocycles. The quantitative estimate of drug-likeness (QED) is 0.781. The lowest BCUT2D eigenvalue weighted by atomic mass is 10.3. The van der Waals surface area contributed by atoms with E-state index in [4.69, 9.17) is 10.8 Å². The molecule has 0 radical (unpaired) electrons. The monoisotopic (exact) mass is 316 g/mol. The molecule has 0 saturated carbocycles. The summed E-state index contributed by atoms with van der Waals surface area (Å²) in [6.45, 7) is -2.91. The number of rotatable bonds is 6. The summed E-state index contributed by atoms with van der Waals surface area (Å²) in [5.41, 5.74) is 6.18. The molecule has 0 aliphatic carbocycles. The summed E-state index contributed by atoms with van der Waals surface area (Å²) in [7, 11) is 0. The normalized spacial score (nSPS) is 10.8. The summed E-state index contributed by atoms with van der Waals surface area (Å²) in [5.74, 6) is -1.15. The fourth-order valence-electron chi connectivity index (χ4n) is 1.52. The molecule has 0 spiro atoms. The van der Waals surface area contributed by atoms with Crippen molar-refractivity contribution in [2.45, 2.75) is 11.8 Å². The van der Waals surface area contributed by atoms with Crippen molar-refractivity contribution in [3.8, 4) is 11.4 Å². The van der Waals surface area contributed by atoms with Gasteiger partial charge in [0.05, 0.1) is 11.4 Å². The molecule has 7 nitrogen and oxygen atoms in total. The van der Waals surface area contributed by atoms with Gasteiger partial charge in [-0.05, 0) is 24.3 Å². The van der Waals surface area contributed by atoms with Crippen LogP contribution in [0.25, 0.3) is 5.69 Å². The van der Waals surface area contributed by atoms with E-state index in [0.29, 0.717) is 5.69 Å². The van der Waals surface area contributed by atoms with Crippen LogP contribution in [-0.4, -0.2) is 38.2 Å². The Morgan fingerprint density at radius 2 is 2.05 bits per heavy atom. The highest BCUT2D eigenvalue weighted by molar-refractivity contribution is 7.99. The number of hydrogen-bond acceptors (Lipinski definition) is 6. The van der Waals surface area contributed by atoms with Crippen molar-refractivity contribution in [1.29, 1.82) is 0 Å². The SMILES string of the molecule is Nc1nnc(SCC(=O)O)n1-c1ccc(OC(F)F)cc1. The number of benzene rings is 1. The number of halogens is 2. The Balaban J connectivity index is 2.24. The second-order valence-electron chi connectivity index (χ2n) is 3.73. The van der Waals surface area contributed by atoms with Gasteiger partial charge in [-0.25, -0.2) is 0 Å². The van der Waals surface area contributed by atoms with Crippen molar-refractivity contribution >= 4 is 23.7 Å². The molecule has 0 amide bonds. The minimum atomic E-state index is -2.91. The van der Waals surface area contributed by atoms with Crippen molar-refractivity contribution in [2.24, 2.45) is 0 Å². The van der Waals surface area contributed by atoms with Crippen LogP contribution in [0, 0.1) is 0 Å². The number of carboxylic acid groups (broad SMARTS) is 1. The van der Waals surface area contributed by atoms with E-state index in [2.05, 4.69) is 14.9 Å². The maximum absolute atomic E-state index is 12.1. The van der Waals surface area contributed by atoms with Gasteiger partial charge in [-0.15, -0.1) is 10.2 Å². The number of hydrogen-bond donors (Lipinski definition) is 2. The number of nitrogens with zero attached hydrogens (tertiary/aromatic N) is 3. The maximum Gasteiger partial charge on any atom is 0.387 e. The standard InChI is InChI=1S/C11H10F2N4O3S/c12-9(13)20-7-3-1-6(2-4-7)17-10(14)15-16-11(17)21-5-8(18)19/h1-4,9H,5H2,(H2,14,15)(H,18,19). The van der Waals surface area contributed by atoms with Gasteiger partial charge >= 0.3 is 12.6 Å². The molecule has 21 heavy (non-hydrogen) atoms. The maximum atomic E-state index is 12.1. The Hall–Kier alpha value is -2.36. The minimum absolute atomic E-state index is 0.000125. The highest BCUT2D eigenvalue weighted by atomic mass is 32.2. The molecule has 1 heterocycles. The van der Waals surface area contributed by atoms with E-state index in [-0.39, 0.29) is 22.6 Å². The minimum Gasteiger partial charge on any atom is -0.481 e. The predicted octanol–water partition coefficient (Wildman–Crippen LogP) is 1.63. The highest BCUT2D eigenvalue weighted by Gasteiger charge is 2.14. The van der Waals surface area contributed by atoms with Gasteiger partial charge in [0.25, 0.3) is 0 Å².